The van der Waals surface area contributed by atoms with E-state index in [9.17, 15) is 4.79 Å². The Morgan fingerprint density at radius 2 is 2.04 bits per heavy atom. The maximum Gasteiger partial charge on any atom is 0.317 e. The maximum atomic E-state index is 12.3. The maximum absolute atomic E-state index is 12.3. The Morgan fingerprint density at radius 1 is 1.35 bits per heavy atom. The van der Waals surface area contributed by atoms with Gasteiger partial charge in [0.25, 0.3) is 0 Å². The first-order valence-corrected chi connectivity index (χ1v) is 8.77. The molecule has 0 aliphatic heterocycles. The van der Waals surface area contributed by atoms with Crippen LogP contribution in [0.2, 0.25) is 0 Å². The van der Waals surface area contributed by atoms with Crippen LogP contribution in [0.15, 0.2) is 41.2 Å². The highest BCUT2D eigenvalue weighted by Gasteiger charge is 2.24. The number of carbonyl (C=O) groups is 1. The molecular weight excluding hydrogens is 306 g/mol. The standard InChI is InChI=1S/C18H25N3OS/c1-14(10-18(2,3)15-8-6-5-7-9-15)20-17(22)21(4)11-16-12-23-13-19-16/h5-9,12-14H,10-11H2,1-4H3,(H,20,22)/t14-/m1/s1. The fourth-order valence-corrected chi connectivity index (χ4v) is 3.32. The molecule has 0 spiro atoms. The smallest absolute Gasteiger partial charge is 0.317 e. The lowest BCUT2D eigenvalue weighted by molar-refractivity contribution is 0.200. The second-order valence-electron chi connectivity index (χ2n) is 6.64. The number of benzene rings is 1. The predicted octanol–water partition coefficient (Wildman–Crippen LogP) is 4.04. The molecule has 5 heteroatoms. The van der Waals surface area contributed by atoms with Crippen LogP contribution in [-0.4, -0.2) is 29.0 Å². The molecule has 4 nitrogen and oxygen atoms in total. The van der Waals surface area contributed by atoms with Gasteiger partial charge in [0.1, 0.15) is 0 Å². The highest BCUT2D eigenvalue weighted by molar-refractivity contribution is 7.07. The van der Waals surface area contributed by atoms with E-state index in [1.165, 1.54) is 5.56 Å². The molecule has 0 aliphatic carbocycles. The largest absolute Gasteiger partial charge is 0.336 e. The van der Waals surface area contributed by atoms with Gasteiger partial charge in [0.15, 0.2) is 0 Å². The Hall–Kier alpha value is -1.88. The average Bonchev–Trinajstić information content (AvgIpc) is 3.00. The molecule has 1 heterocycles. The number of amides is 2. The molecule has 1 N–H and O–H groups in total. The highest BCUT2D eigenvalue weighted by Crippen LogP contribution is 2.28. The second kappa shape index (κ2) is 7.59. The molecule has 0 saturated heterocycles. The number of aromatic nitrogens is 1. The van der Waals surface area contributed by atoms with Crippen molar-refractivity contribution in [2.45, 2.75) is 45.2 Å². The molecule has 1 aromatic carbocycles. The Balaban J connectivity index is 1.88. The van der Waals surface area contributed by atoms with E-state index in [1.54, 1.807) is 28.8 Å². The van der Waals surface area contributed by atoms with Gasteiger partial charge in [0, 0.05) is 18.5 Å². The van der Waals surface area contributed by atoms with Gasteiger partial charge in [-0.3, -0.25) is 0 Å². The molecule has 0 saturated carbocycles. The van der Waals surface area contributed by atoms with E-state index in [0.717, 1.165) is 12.1 Å². The number of nitrogens with zero attached hydrogens (tertiary/aromatic N) is 2. The number of thiazole rings is 1. The Labute approximate surface area is 142 Å². The SMILES string of the molecule is C[C@H](CC(C)(C)c1ccccc1)NC(=O)N(C)Cc1cscn1. The van der Waals surface area contributed by atoms with Crippen LogP contribution >= 0.6 is 11.3 Å². The minimum Gasteiger partial charge on any atom is -0.336 e. The van der Waals surface area contributed by atoms with Crippen LogP contribution in [0.1, 0.15) is 38.4 Å². The van der Waals surface area contributed by atoms with Crippen LogP contribution < -0.4 is 5.32 Å². The first-order valence-electron chi connectivity index (χ1n) is 7.83. The number of nitrogens with one attached hydrogen (secondary N) is 1. The fourth-order valence-electron chi connectivity index (χ4n) is 2.78. The molecule has 0 unspecified atom stereocenters. The van der Waals surface area contributed by atoms with Crippen molar-refractivity contribution in [2.24, 2.45) is 0 Å². The number of urea groups is 1. The quantitative estimate of drug-likeness (QED) is 0.868. The first kappa shape index (κ1) is 17.5. The van der Waals surface area contributed by atoms with Crippen molar-refractivity contribution < 1.29 is 4.79 Å². The molecule has 124 valence electrons. The van der Waals surface area contributed by atoms with E-state index in [1.807, 2.05) is 11.4 Å². The van der Waals surface area contributed by atoms with Gasteiger partial charge in [-0.25, -0.2) is 9.78 Å². The summed E-state index contributed by atoms with van der Waals surface area (Å²) in [6, 6.07) is 10.5. The molecule has 2 amide bonds. The van der Waals surface area contributed by atoms with Gasteiger partial charge in [0.2, 0.25) is 0 Å². The zero-order chi connectivity index (χ0) is 16.9. The van der Waals surface area contributed by atoms with Gasteiger partial charge in [-0.05, 0) is 24.3 Å². The highest BCUT2D eigenvalue weighted by atomic mass is 32.1. The third kappa shape index (κ3) is 5.06. The Morgan fingerprint density at radius 3 is 2.65 bits per heavy atom. The topological polar surface area (TPSA) is 45.2 Å². The molecular formula is C18H25N3OS. The minimum atomic E-state index is -0.0608. The van der Waals surface area contributed by atoms with Crippen molar-refractivity contribution in [1.29, 1.82) is 0 Å². The van der Waals surface area contributed by atoms with Crippen molar-refractivity contribution in [2.75, 3.05) is 7.05 Å². The monoisotopic (exact) mass is 331 g/mol. The lowest BCUT2D eigenvalue weighted by Gasteiger charge is -2.30. The van der Waals surface area contributed by atoms with Crippen LogP contribution in [-0.2, 0) is 12.0 Å². The minimum absolute atomic E-state index is 0.0153. The van der Waals surface area contributed by atoms with Gasteiger partial charge >= 0.3 is 6.03 Å². The van der Waals surface area contributed by atoms with E-state index in [4.69, 9.17) is 0 Å². The van der Waals surface area contributed by atoms with Crippen molar-refractivity contribution in [3.05, 3.63) is 52.5 Å². The summed E-state index contributed by atoms with van der Waals surface area (Å²) in [6.07, 6.45) is 0.882. The van der Waals surface area contributed by atoms with Crippen molar-refractivity contribution >= 4 is 17.4 Å². The summed E-state index contributed by atoms with van der Waals surface area (Å²) in [4.78, 5) is 18.2. The van der Waals surface area contributed by atoms with Crippen LogP contribution in [0.4, 0.5) is 4.79 Å². The third-order valence-electron chi connectivity index (χ3n) is 3.97. The summed E-state index contributed by atoms with van der Waals surface area (Å²) in [6.45, 7) is 7.01. The molecule has 2 rings (SSSR count). The normalized spacial score (nSPS) is 12.7. The summed E-state index contributed by atoms with van der Waals surface area (Å²) in [5.41, 5.74) is 4.01. The predicted molar refractivity (Wildman–Crippen MR) is 95.7 cm³/mol. The Bertz CT molecular complexity index is 610. The van der Waals surface area contributed by atoms with Crippen LogP contribution in [0, 0.1) is 0 Å². The second-order valence-corrected chi connectivity index (χ2v) is 7.36. The van der Waals surface area contributed by atoms with E-state index in [2.05, 4.69) is 55.3 Å². The molecule has 0 aliphatic rings. The number of hydrogen-bond acceptors (Lipinski definition) is 3. The van der Waals surface area contributed by atoms with E-state index in [-0.39, 0.29) is 17.5 Å². The molecule has 0 bridgehead atoms. The molecule has 1 aromatic heterocycles. The van der Waals surface area contributed by atoms with Crippen molar-refractivity contribution in [3.8, 4) is 0 Å². The number of carbonyl (C=O) groups excluding carboxylic acids is 1. The zero-order valence-corrected chi connectivity index (χ0v) is 15.1. The van der Waals surface area contributed by atoms with E-state index in [0.29, 0.717) is 6.54 Å². The lowest BCUT2D eigenvalue weighted by atomic mass is 9.79. The number of hydrogen-bond donors (Lipinski definition) is 1. The third-order valence-corrected chi connectivity index (χ3v) is 4.61. The van der Waals surface area contributed by atoms with E-state index < -0.39 is 0 Å². The van der Waals surface area contributed by atoms with Gasteiger partial charge in [-0.15, -0.1) is 11.3 Å². The molecule has 1 atom stereocenters. The average molecular weight is 331 g/mol. The van der Waals surface area contributed by atoms with Gasteiger partial charge in [-0.1, -0.05) is 44.2 Å². The van der Waals surface area contributed by atoms with E-state index >= 15 is 0 Å². The molecule has 0 fully saturated rings. The summed E-state index contributed by atoms with van der Waals surface area (Å²) in [5, 5.41) is 5.04. The van der Waals surface area contributed by atoms with Gasteiger partial charge in [-0.2, -0.15) is 0 Å². The molecule has 0 radical (unpaired) electrons. The Kier molecular flexibility index (Phi) is 5.77. The van der Waals surface area contributed by atoms with Crippen LogP contribution in [0.3, 0.4) is 0 Å². The van der Waals surface area contributed by atoms with Gasteiger partial charge in [0.05, 0.1) is 17.7 Å². The summed E-state index contributed by atoms with van der Waals surface area (Å²) < 4.78 is 0. The summed E-state index contributed by atoms with van der Waals surface area (Å²) in [7, 11) is 1.80. The molecule has 2 aromatic rings. The first-order chi connectivity index (χ1) is 10.9. The lowest BCUT2D eigenvalue weighted by Crippen LogP contribution is -2.43. The fraction of sp³-hybridized carbons (Fsp3) is 0.444. The van der Waals surface area contributed by atoms with Crippen molar-refractivity contribution in [1.82, 2.24) is 15.2 Å². The van der Waals surface area contributed by atoms with Crippen LogP contribution in [0.25, 0.3) is 0 Å². The van der Waals surface area contributed by atoms with Gasteiger partial charge < -0.3 is 10.2 Å². The zero-order valence-electron chi connectivity index (χ0n) is 14.2. The number of rotatable bonds is 6. The molecule has 23 heavy (non-hydrogen) atoms. The van der Waals surface area contributed by atoms with Crippen LogP contribution in [0.5, 0.6) is 0 Å². The van der Waals surface area contributed by atoms with Crippen molar-refractivity contribution in [3.63, 3.8) is 0 Å². The summed E-state index contributed by atoms with van der Waals surface area (Å²) in [5.74, 6) is 0. The summed E-state index contributed by atoms with van der Waals surface area (Å²) >= 11 is 1.54.